The summed E-state index contributed by atoms with van der Waals surface area (Å²) in [6, 6.07) is 19.7. The van der Waals surface area contributed by atoms with E-state index in [1.165, 1.54) is 10.5 Å². The van der Waals surface area contributed by atoms with Crippen LogP contribution in [0.4, 0.5) is 11.5 Å². The average molecular weight is 499 g/mol. The normalized spacial score (nSPS) is 14.2. The van der Waals surface area contributed by atoms with Crippen LogP contribution in [0.5, 0.6) is 0 Å². The van der Waals surface area contributed by atoms with Gasteiger partial charge >= 0.3 is 0 Å². The van der Waals surface area contributed by atoms with Crippen molar-refractivity contribution in [1.82, 2.24) is 9.88 Å². The van der Waals surface area contributed by atoms with Crippen LogP contribution in [0, 0.1) is 0 Å². The number of para-hydroxylation sites is 1. The summed E-state index contributed by atoms with van der Waals surface area (Å²) < 4.78 is 27.7. The van der Waals surface area contributed by atoms with Gasteiger partial charge in [0.05, 0.1) is 12.1 Å². The molecule has 1 aliphatic rings. The molecule has 4 rings (SSSR count). The number of halogens is 1. The summed E-state index contributed by atoms with van der Waals surface area (Å²) in [6.07, 6.45) is 1.69. The van der Waals surface area contributed by atoms with Crippen LogP contribution in [0.2, 0.25) is 5.02 Å². The summed E-state index contributed by atoms with van der Waals surface area (Å²) in [7, 11) is -3.72. The molecular weight excluding hydrogens is 472 g/mol. The highest BCUT2D eigenvalue weighted by Gasteiger charge is 2.26. The van der Waals surface area contributed by atoms with E-state index in [0.717, 1.165) is 5.56 Å². The number of hydrogen-bond donors (Lipinski definition) is 0. The molecule has 9 heteroatoms. The molecule has 0 radical (unpaired) electrons. The van der Waals surface area contributed by atoms with E-state index < -0.39 is 10.0 Å². The third-order valence-electron chi connectivity index (χ3n) is 5.90. The SMILES string of the molecule is CCN(c1ccccc1)S(=O)(=O)c1ccc(N2CCN(C(=O)Cc3ccccc3Cl)CC2)nc1. The van der Waals surface area contributed by atoms with Gasteiger partial charge < -0.3 is 9.80 Å². The van der Waals surface area contributed by atoms with E-state index >= 15 is 0 Å². The van der Waals surface area contributed by atoms with Crippen LogP contribution in [-0.4, -0.2) is 56.9 Å². The number of carbonyl (C=O) groups excluding carboxylic acids is 1. The van der Waals surface area contributed by atoms with Gasteiger partial charge in [-0.15, -0.1) is 0 Å². The lowest BCUT2D eigenvalue weighted by Gasteiger charge is -2.35. The number of carbonyl (C=O) groups is 1. The summed E-state index contributed by atoms with van der Waals surface area (Å²) in [5.41, 5.74) is 1.44. The number of rotatable bonds is 7. The predicted octanol–water partition coefficient (Wildman–Crippen LogP) is 3.84. The Morgan fingerprint density at radius 2 is 1.65 bits per heavy atom. The molecule has 3 aromatic rings. The number of hydrogen-bond acceptors (Lipinski definition) is 5. The summed E-state index contributed by atoms with van der Waals surface area (Å²) in [4.78, 5) is 21.2. The van der Waals surface area contributed by atoms with E-state index in [1.54, 1.807) is 37.3 Å². The summed E-state index contributed by atoms with van der Waals surface area (Å²) >= 11 is 6.19. The molecule has 1 aromatic heterocycles. The first-order valence-electron chi connectivity index (χ1n) is 11.2. The second-order valence-corrected chi connectivity index (χ2v) is 10.3. The van der Waals surface area contributed by atoms with Crippen molar-refractivity contribution in [2.45, 2.75) is 18.2 Å². The number of benzene rings is 2. The largest absolute Gasteiger partial charge is 0.353 e. The van der Waals surface area contributed by atoms with E-state index in [9.17, 15) is 13.2 Å². The molecule has 2 aromatic carbocycles. The fraction of sp³-hybridized carbons (Fsp3) is 0.280. The zero-order valence-corrected chi connectivity index (χ0v) is 20.5. The van der Waals surface area contributed by atoms with E-state index in [4.69, 9.17) is 11.6 Å². The lowest BCUT2D eigenvalue weighted by molar-refractivity contribution is -0.130. The monoisotopic (exact) mass is 498 g/mol. The van der Waals surface area contributed by atoms with Gasteiger partial charge in [0, 0.05) is 43.9 Å². The van der Waals surface area contributed by atoms with Crippen LogP contribution in [0.25, 0.3) is 0 Å². The summed E-state index contributed by atoms with van der Waals surface area (Å²) in [5.74, 6) is 0.739. The lowest BCUT2D eigenvalue weighted by Crippen LogP contribution is -2.49. The molecule has 1 aliphatic heterocycles. The van der Waals surface area contributed by atoms with Crippen LogP contribution in [0.3, 0.4) is 0 Å². The van der Waals surface area contributed by atoms with Gasteiger partial charge in [-0.25, -0.2) is 13.4 Å². The Balaban J connectivity index is 1.39. The number of piperazine rings is 1. The molecule has 34 heavy (non-hydrogen) atoms. The van der Waals surface area contributed by atoms with Gasteiger partial charge in [-0.3, -0.25) is 9.10 Å². The molecule has 1 amide bonds. The minimum Gasteiger partial charge on any atom is -0.353 e. The zero-order chi connectivity index (χ0) is 24.1. The number of nitrogens with zero attached hydrogens (tertiary/aromatic N) is 4. The Morgan fingerprint density at radius 1 is 0.971 bits per heavy atom. The standard InChI is InChI=1S/C25H27ClN4O3S/c1-2-30(21-9-4-3-5-10-21)34(32,33)22-12-13-24(27-19-22)28-14-16-29(17-15-28)25(31)18-20-8-6-7-11-23(20)26/h3-13,19H,2,14-18H2,1H3. The van der Waals surface area contributed by atoms with Crippen LogP contribution in [0.15, 0.2) is 77.8 Å². The first-order valence-corrected chi connectivity index (χ1v) is 13.0. The maximum atomic E-state index is 13.2. The topological polar surface area (TPSA) is 73.8 Å². The van der Waals surface area contributed by atoms with Crippen molar-refractivity contribution in [3.05, 3.63) is 83.5 Å². The third kappa shape index (κ3) is 5.18. The van der Waals surface area contributed by atoms with Gasteiger partial charge in [-0.05, 0) is 42.8 Å². The van der Waals surface area contributed by atoms with Crippen molar-refractivity contribution in [1.29, 1.82) is 0 Å². The molecular formula is C25H27ClN4O3S. The van der Waals surface area contributed by atoms with Crippen LogP contribution >= 0.6 is 11.6 Å². The van der Waals surface area contributed by atoms with Crippen molar-refractivity contribution >= 4 is 39.0 Å². The first kappa shape index (κ1) is 24.0. The van der Waals surface area contributed by atoms with Crippen molar-refractivity contribution in [3.8, 4) is 0 Å². The van der Waals surface area contributed by atoms with Crippen LogP contribution in [0.1, 0.15) is 12.5 Å². The van der Waals surface area contributed by atoms with Crippen LogP contribution < -0.4 is 9.21 Å². The first-order chi connectivity index (χ1) is 16.4. The Hall–Kier alpha value is -3.10. The van der Waals surface area contributed by atoms with Crippen molar-refractivity contribution in [3.63, 3.8) is 0 Å². The Morgan fingerprint density at radius 3 is 2.26 bits per heavy atom. The molecule has 2 heterocycles. The van der Waals surface area contributed by atoms with E-state index in [-0.39, 0.29) is 17.2 Å². The molecule has 0 aliphatic carbocycles. The van der Waals surface area contributed by atoms with Gasteiger partial charge in [0.15, 0.2) is 0 Å². The molecule has 7 nitrogen and oxygen atoms in total. The second kappa shape index (κ2) is 10.4. The maximum Gasteiger partial charge on any atom is 0.265 e. The molecule has 0 saturated carbocycles. The highest BCUT2D eigenvalue weighted by atomic mass is 35.5. The molecule has 1 saturated heterocycles. The summed E-state index contributed by atoms with van der Waals surface area (Å²) in [5, 5.41) is 0.600. The fourth-order valence-electron chi connectivity index (χ4n) is 4.03. The van der Waals surface area contributed by atoms with Crippen molar-refractivity contribution < 1.29 is 13.2 Å². The number of aromatic nitrogens is 1. The number of pyridine rings is 1. The second-order valence-electron chi connectivity index (χ2n) is 7.99. The van der Waals surface area contributed by atoms with E-state index in [2.05, 4.69) is 9.88 Å². The maximum absolute atomic E-state index is 13.2. The molecule has 0 spiro atoms. The molecule has 178 valence electrons. The average Bonchev–Trinajstić information content (AvgIpc) is 2.86. The van der Waals surface area contributed by atoms with E-state index in [0.29, 0.717) is 49.3 Å². The number of amides is 1. The Kier molecular flexibility index (Phi) is 7.38. The minimum absolute atomic E-state index is 0.0442. The van der Waals surface area contributed by atoms with Crippen molar-refractivity contribution in [2.75, 3.05) is 41.9 Å². The van der Waals surface area contributed by atoms with E-state index in [1.807, 2.05) is 41.3 Å². The number of sulfonamides is 1. The smallest absolute Gasteiger partial charge is 0.265 e. The number of anilines is 2. The lowest BCUT2D eigenvalue weighted by atomic mass is 10.1. The highest BCUT2D eigenvalue weighted by Crippen LogP contribution is 2.24. The van der Waals surface area contributed by atoms with Gasteiger partial charge in [0.2, 0.25) is 5.91 Å². The zero-order valence-electron chi connectivity index (χ0n) is 19.0. The van der Waals surface area contributed by atoms with Crippen LogP contribution in [-0.2, 0) is 21.2 Å². The Bertz CT molecular complexity index is 1230. The minimum atomic E-state index is -3.72. The molecule has 1 fully saturated rings. The van der Waals surface area contributed by atoms with Gasteiger partial charge in [-0.1, -0.05) is 48.0 Å². The van der Waals surface area contributed by atoms with Gasteiger partial charge in [-0.2, -0.15) is 0 Å². The summed E-state index contributed by atoms with van der Waals surface area (Å²) in [6.45, 7) is 4.51. The highest BCUT2D eigenvalue weighted by molar-refractivity contribution is 7.92. The predicted molar refractivity (Wildman–Crippen MR) is 135 cm³/mol. The van der Waals surface area contributed by atoms with Gasteiger partial charge in [0.1, 0.15) is 10.7 Å². The Labute approximate surface area is 205 Å². The molecule has 0 atom stereocenters. The van der Waals surface area contributed by atoms with Gasteiger partial charge in [0.25, 0.3) is 10.0 Å². The van der Waals surface area contributed by atoms with Crippen molar-refractivity contribution in [2.24, 2.45) is 0 Å². The molecule has 0 bridgehead atoms. The molecule has 0 N–H and O–H groups in total. The third-order valence-corrected chi connectivity index (χ3v) is 8.15. The molecule has 0 unspecified atom stereocenters. The quantitative estimate of drug-likeness (QED) is 0.495. The fourth-order valence-corrected chi connectivity index (χ4v) is 5.65.